The molecule has 18 heteroatoms. The third-order valence-electron chi connectivity index (χ3n) is 7.87. The number of aromatic nitrogens is 3. The van der Waals surface area contributed by atoms with Crippen LogP contribution in [-0.2, 0) is 0 Å². The third kappa shape index (κ3) is 16.0. The molecule has 285 valence electrons. The Hall–Kier alpha value is -4.16. The summed E-state index contributed by atoms with van der Waals surface area (Å²) in [4.78, 5) is 36.1. The van der Waals surface area contributed by atoms with Crippen LogP contribution in [0.15, 0.2) is 55.0 Å². The molecule has 0 unspecified atom stereocenters. The van der Waals surface area contributed by atoms with Crippen LogP contribution in [0.4, 0.5) is 28.7 Å². The molecule has 3 saturated heterocycles. The fraction of sp³-hybridized carbons (Fsp3) is 0.559. The molecule has 6 heterocycles. The summed E-state index contributed by atoms with van der Waals surface area (Å²) >= 11 is 5.38. The Labute approximate surface area is 314 Å². The second kappa shape index (κ2) is 22.7. The van der Waals surface area contributed by atoms with Gasteiger partial charge in [-0.25, -0.2) is 15.0 Å². The van der Waals surface area contributed by atoms with Crippen molar-refractivity contribution in [3.8, 4) is 0 Å². The van der Waals surface area contributed by atoms with Gasteiger partial charge >= 0.3 is 0 Å². The lowest BCUT2D eigenvalue weighted by molar-refractivity contribution is -0.385. The van der Waals surface area contributed by atoms with Crippen molar-refractivity contribution in [2.75, 3.05) is 54.8 Å². The topological polar surface area (TPSA) is 206 Å². The molecule has 6 N–H and O–H groups in total. The molecule has 16 nitrogen and oxygen atoms in total. The van der Waals surface area contributed by atoms with Crippen molar-refractivity contribution in [2.24, 2.45) is 0 Å². The largest absolute Gasteiger partial charge is 0.397 e. The van der Waals surface area contributed by atoms with Gasteiger partial charge < -0.3 is 36.8 Å². The van der Waals surface area contributed by atoms with Gasteiger partial charge in [0.1, 0.15) is 29.2 Å². The van der Waals surface area contributed by atoms with Gasteiger partial charge in [0.15, 0.2) is 0 Å². The van der Waals surface area contributed by atoms with E-state index in [4.69, 9.17) is 17.3 Å². The Morgan fingerprint density at radius 2 is 1.04 bits per heavy atom. The maximum absolute atomic E-state index is 10.5. The van der Waals surface area contributed by atoms with Crippen LogP contribution in [0.3, 0.4) is 0 Å². The Morgan fingerprint density at radius 1 is 0.654 bits per heavy atom. The van der Waals surface area contributed by atoms with E-state index < -0.39 is 9.85 Å². The fourth-order valence-electron chi connectivity index (χ4n) is 5.88. The van der Waals surface area contributed by atoms with E-state index in [1.807, 2.05) is 12.1 Å². The van der Waals surface area contributed by atoms with Crippen LogP contribution < -0.4 is 36.8 Å². The highest BCUT2D eigenvalue weighted by atomic mass is 35.5. The second-order valence-electron chi connectivity index (χ2n) is 13.1. The van der Waals surface area contributed by atoms with E-state index in [1.54, 1.807) is 12.3 Å². The van der Waals surface area contributed by atoms with Crippen LogP contribution in [-0.4, -0.2) is 109 Å². The highest BCUT2D eigenvalue weighted by molar-refractivity contribution is 6.29. The number of nitrogens with zero attached hydrogens (tertiary/aromatic N) is 7. The van der Waals surface area contributed by atoms with E-state index >= 15 is 0 Å². The minimum absolute atomic E-state index is 0. The van der Waals surface area contributed by atoms with Crippen molar-refractivity contribution in [3.63, 3.8) is 0 Å². The Morgan fingerprint density at radius 3 is 1.35 bits per heavy atom. The van der Waals surface area contributed by atoms with Crippen LogP contribution in [0.2, 0.25) is 5.15 Å². The minimum atomic E-state index is -0.524. The molecule has 0 bridgehead atoms. The summed E-state index contributed by atoms with van der Waals surface area (Å²) in [6.45, 7) is 19.0. The highest BCUT2D eigenvalue weighted by Crippen LogP contribution is 2.19. The highest BCUT2D eigenvalue weighted by Gasteiger charge is 2.23. The van der Waals surface area contributed by atoms with Gasteiger partial charge in [-0.05, 0) is 65.8 Å². The Bertz CT molecular complexity index is 1450. The van der Waals surface area contributed by atoms with Gasteiger partial charge in [0, 0.05) is 96.1 Å². The molecule has 3 radical (unpaired) electrons. The first-order valence-electron chi connectivity index (χ1n) is 16.8. The van der Waals surface area contributed by atoms with Gasteiger partial charge in [-0.1, -0.05) is 19.0 Å². The van der Waals surface area contributed by atoms with Crippen LogP contribution in [0.25, 0.3) is 0 Å². The molecule has 52 heavy (non-hydrogen) atoms. The van der Waals surface area contributed by atoms with Gasteiger partial charge in [-0.15, -0.1) is 0 Å². The molecular formula is C34H55BClN12O4. The summed E-state index contributed by atoms with van der Waals surface area (Å²) < 4.78 is 0. The summed E-state index contributed by atoms with van der Waals surface area (Å²) in [7, 11) is 0. The van der Waals surface area contributed by atoms with Crippen molar-refractivity contribution < 1.29 is 9.85 Å². The van der Waals surface area contributed by atoms with Crippen LogP contribution in [0, 0.1) is 20.2 Å². The normalized spacial score (nSPS) is 23.7. The molecule has 3 fully saturated rings. The van der Waals surface area contributed by atoms with E-state index in [9.17, 15) is 20.2 Å². The number of hydrogen-bond acceptors (Lipinski definition) is 14. The lowest BCUT2D eigenvalue weighted by atomic mass is 10.1. The number of anilines is 3. The van der Waals surface area contributed by atoms with E-state index in [0.29, 0.717) is 36.3 Å². The number of nitrogen functional groups attached to an aromatic ring is 1. The summed E-state index contributed by atoms with van der Waals surface area (Å²) in [5.74, 6) is 1.82. The molecule has 3 aliphatic heterocycles. The van der Waals surface area contributed by atoms with E-state index in [1.165, 1.54) is 24.4 Å². The van der Waals surface area contributed by atoms with Crippen molar-refractivity contribution in [2.45, 2.75) is 85.2 Å². The van der Waals surface area contributed by atoms with Crippen molar-refractivity contribution >= 4 is 48.7 Å². The average molecular weight is 742 g/mol. The van der Waals surface area contributed by atoms with E-state index in [-0.39, 0.29) is 32.4 Å². The molecule has 0 aromatic carbocycles. The monoisotopic (exact) mass is 741 g/mol. The van der Waals surface area contributed by atoms with Gasteiger partial charge in [-0.3, -0.25) is 20.2 Å². The number of nitrogens with two attached hydrogens (primary N) is 1. The second-order valence-corrected chi connectivity index (χ2v) is 13.4. The minimum Gasteiger partial charge on any atom is -0.397 e. The average Bonchev–Trinajstić information content (AvgIpc) is 3.05. The maximum atomic E-state index is 10.5. The lowest BCUT2D eigenvalue weighted by Gasteiger charge is -2.36. The molecule has 3 aromatic heterocycles. The quantitative estimate of drug-likeness (QED) is 0.111. The number of rotatable bonds is 4. The summed E-state index contributed by atoms with van der Waals surface area (Å²) in [6.07, 6.45) is 4.14. The number of hydrogen-bond donors (Lipinski definition) is 5. The van der Waals surface area contributed by atoms with E-state index in [0.717, 1.165) is 62.8 Å². The van der Waals surface area contributed by atoms with Crippen LogP contribution in [0.5, 0.6) is 0 Å². The summed E-state index contributed by atoms with van der Waals surface area (Å²) in [5, 5.41) is 34.5. The van der Waals surface area contributed by atoms with Gasteiger partial charge in [0.2, 0.25) is 0 Å². The number of halogens is 1. The van der Waals surface area contributed by atoms with Gasteiger partial charge in [-0.2, -0.15) is 0 Å². The van der Waals surface area contributed by atoms with Gasteiger partial charge in [0.05, 0.1) is 21.7 Å². The van der Waals surface area contributed by atoms with Crippen molar-refractivity contribution in [1.29, 1.82) is 0 Å². The third-order valence-corrected chi connectivity index (χ3v) is 8.09. The smallest absolute Gasteiger partial charge is 0.287 e. The zero-order valence-electron chi connectivity index (χ0n) is 30.2. The number of pyridine rings is 3. The predicted molar refractivity (Wildman–Crippen MR) is 211 cm³/mol. The zero-order chi connectivity index (χ0) is 36.8. The Balaban J connectivity index is 0.000000355. The lowest BCUT2D eigenvalue weighted by Crippen LogP contribution is -2.54. The first-order valence-corrected chi connectivity index (χ1v) is 17.1. The zero-order valence-corrected chi connectivity index (χ0v) is 31.0. The predicted octanol–water partition coefficient (Wildman–Crippen LogP) is 3.88. The number of nitro groups is 2. The van der Waals surface area contributed by atoms with Crippen molar-refractivity contribution in [1.82, 2.24) is 36.2 Å². The summed E-state index contributed by atoms with van der Waals surface area (Å²) in [5.41, 5.74) is 6.32. The summed E-state index contributed by atoms with van der Waals surface area (Å²) in [6, 6.07) is 12.9. The molecular weight excluding hydrogens is 687 g/mol. The standard InChI is InChI=1S/C11H16N4O2.C11H18N4.C6H14N2.C5H3ClN2O2.CH4.B/c1-8-6-14(7-9(2)13-8)11-4-3-10(5-12-11)15(16)17;1-8-6-15(7-9(2)14-8)11-4-3-10(12)5-13-11;1-5-3-7-4-6(2)8-5;6-5-2-1-4(3-7-5)8(9)10;;/h3-5,8-9,13H,6-7H2,1-2H3;3-5,8-9,14H,6-7,12H2,1-2H3;5-8H,3-4H2,1-2H3;1-3H;1H4;/t2*8-,9+;5-,6+;;;. The fourth-order valence-corrected chi connectivity index (χ4v) is 5.99. The van der Waals surface area contributed by atoms with Gasteiger partial charge in [0.25, 0.3) is 11.4 Å². The maximum Gasteiger partial charge on any atom is 0.287 e. The molecule has 0 saturated carbocycles. The molecule has 3 aliphatic rings. The molecule has 3 aromatic rings. The number of nitrogens with one attached hydrogen (secondary N) is 4. The number of piperazine rings is 3. The van der Waals surface area contributed by atoms with Crippen LogP contribution >= 0.6 is 11.6 Å². The first-order chi connectivity index (χ1) is 23.7. The SMILES string of the molecule is C.C[C@@H]1CN(c2ccc(N)cn2)C[C@H](C)N1.C[C@@H]1CN(c2ccc([N+](=O)[O-])cn2)C[C@H](C)N1.C[C@@H]1CNC[C@H](C)N1.O=[N+]([O-])c1ccc(Cl)nc1.[B]. The van der Waals surface area contributed by atoms with E-state index in [2.05, 4.69) is 87.6 Å². The molecule has 0 aliphatic carbocycles. The van der Waals surface area contributed by atoms with Crippen molar-refractivity contribution in [3.05, 3.63) is 80.4 Å². The molecule has 6 rings (SSSR count). The van der Waals surface area contributed by atoms with Crippen LogP contribution in [0.1, 0.15) is 49.0 Å². The first kappa shape index (κ1) is 45.9. The Kier molecular flexibility index (Phi) is 20.0. The molecule has 6 atom stereocenters. The molecule has 0 amide bonds. The molecule has 0 spiro atoms.